The highest BCUT2D eigenvalue weighted by molar-refractivity contribution is 6.01. The smallest absolute Gasteiger partial charge is 0.242 e. The van der Waals surface area contributed by atoms with Gasteiger partial charge in [-0.15, -0.1) is 5.10 Å². The van der Waals surface area contributed by atoms with Crippen LogP contribution in [0.25, 0.3) is 5.57 Å². The average molecular weight is 539 g/mol. The average Bonchev–Trinajstić information content (AvgIpc) is 3.62. The van der Waals surface area contributed by atoms with Crippen molar-refractivity contribution in [1.82, 2.24) is 10.7 Å². The Kier molecular flexibility index (Phi) is 7.46. The fourth-order valence-corrected chi connectivity index (χ4v) is 6.66. The number of ether oxygens (including phenoxy) is 1. The highest BCUT2D eigenvalue weighted by atomic mass is 16.5. The van der Waals surface area contributed by atoms with Crippen molar-refractivity contribution in [2.45, 2.75) is 89.6 Å². The highest BCUT2D eigenvalue weighted by Crippen LogP contribution is 2.37. The zero-order chi connectivity index (χ0) is 27.6. The zero-order valence-corrected chi connectivity index (χ0v) is 23.3. The van der Waals surface area contributed by atoms with E-state index in [0.717, 1.165) is 72.4 Å². The maximum Gasteiger partial charge on any atom is 0.242 e. The van der Waals surface area contributed by atoms with Gasteiger partial charge < -0.3 is 15.4 Å². The van der Waals surface area contributed by atoms with E-state index in [9.17, 15) is 10.1 Å². The van der Waals surface area contributed by atoms with Gasteiger partial charge in [-0.1, -0.05) is 25.1 Å². The molecular formula is C32H38N6O2. The molecule has 1 aromatic rings. The molecule has 0 bridgehead atoms. The molecule has 208 valence electrons. The number of nitrogens with one attached hydrogen (secondary N) is 3. The Hall–Kier alpha value is -3.86. The third kappa shape index (κ3) is 5.56. The summed E-state index contributed by atoms with van der Waals surface area (Å²) in [6.45, 7) is 3.92. The predicted octanol–water partition coefficient (Wildman–Crippen LogP) is 5.21. The number of amides is 1. The van der Waals surface area contributed by atoms with Crippen molar-refractivity contribution in [1.29, 1.82) is 5.26 Å². The Morgan fingerprint density at radius 2 is 1.85 bits per heavy atom. The maximum atomic E-state index is 11.4. The van der Waals surface area contributed by atoms with E-state index < -0.39 is 0 Å². The standard InChI is InChI=1S/C32H38N6O2/c1-19-3-9-26(10-4-19)36-29-16-23(27-13-8-24-15-21(17-33)18-34-30(24)27)7-14-28(29)32-38-37-31(40-32)22-5-11-25(12-6-22)35-20(2)39/h7-8,13-16,18-19,22,25-26,30-31,36-37H,3-6,9-12H2,1-2H3,(H,35,39)/t19?,22?,25?,26?,30?,31-/m1/s1. The lowest BCUT2D eigenvalue weighted by atomic mass is 9.85. The topological polar surface area (TPSA) is 111 Å². The molecule has 3 N–H and O–H groups in total. The number of carbonyl (C=O) groups excluding carboxylic acids is 1. The second-order valence-corrected chi connectivity index (χ2v) is 11.9. The second-order valence-electron chi connectivity index (χ2n) is 11.9. The molecule has 0 aromatic heterocycles. The van der Waals surface area contributed by atoms with Crippen LogP contribution in [0.1, 0.15) is 76.3 Å². The first kappa shape index (κ1) is 26.4. The van der Waals surface area contributed by atoms with Crippen molar-refractivity contribution in [3.8, 4) is 6.07 Å². The van der Waals surface area contributed by atoms with Gasteiger partial charge in [0.05, 0.1) is 11.1 Å². The predicted molar refractivity (Wildman–Crippen MR) is 158 cm³/mol. The van der Waals surface area contributed by atoms with Crippen LogP contribution in [-0.2, 0) is 9.53 Å². The van der Waals surface area contributed by atoms with E-state index in [1.807, 2.05) is 6.08 Å². The molecule has 0 saturated heterocycles. The minimum absolute atomic E-state index is 0.0410. The minimum Gasteiger partial charge on any atom is -0.451 e. The summed E-state index contributed by atoms with van der Waals surface area (Å²) in [7, 11) is 0. The highest BCUT2D eigenvalue weighted by Gasteiger charge is 2.34. The van der Waals surface area contributed by atoms with Gasteiger partial charge in [0.2, 0.25) is 11.8 Å². The molecule has 8 nitrogen and oxygen atoms in total. The zero-order valence-electron chi connectivity index (χ0n) is 23.3. The maximum absolute atomic E-state index is 11.4. The van der Waals surface area contributed by atoms with Crippen molar-refractivity contribution in [3.63, 3.8) is 0 Å². The third-order valence-corrected chi connectivity index (χ3v) is 8.98. The number of benzene rings is 1. The summed E-state index contributed by atoms with van der Waals surface area (Å²) in [4.78, 5) is 16.1. The van der Waals surface area contributed by atoms with Crippen LogP contribution in [0.3, 0.4) is 0 Å². The Balaban J connectivity index is 1.20. The number of anilines is 1. The molecule has 2 atom stereocenters. The molecule has 0 radical (unpaired) electrons. The Bertz CT molecular complexity index is 1350. The van der Waals surface area contributed by atoms with Gasteiger partial charge in [0.25, 0.3) is 0 Å². The van der Waals surface area contributed by atoms with E-state index in [2.05, 4.69) is 69.5 Å². The van der Waals surface area contributed by atoms with E-state index >= 15 is 0 Å². The van der Waals surface area contributed by atoms with E-state index in [1.165, 1.54) is 12.8 Å². The van der Waals surface area contributed by atoms with Gasteiger partial charge in [-0.3, -0.25) is 15.2 Å². The quantitative estimate of drug-likeness (QED) is 0.461. The van der Waals surface area contributed by atoms with Gasteiger partial charge in [0, 0.05) is 36.8 Å². The van der Waals surface area contributed by atoms with Gasteiger partial charge in [0.15, 0.2) is 6.23 Å². The summed E-state index contributed by atoms with van der Waals surface area (Å²) >= 11 is 0. The van der Waals surface area contributed by atoms with Crippen LogP contribution in [0.5, 0.6) is 0 Å². The number of allylic oxidation sites excluding steroid dienone is 3. The molecule has 0 spiro atoms. The number of rotatable bonds is 6. The van der Waals surface area contributed by atoms with Crippen molar-refractivity contribution < 1.29 is 9.53 Å². The largest absolute Gasteiger partial charge is 0.451 e. The second kappa shape index (κ2) is 11.3. The molecule has 1 amide bonds. The monoisotopic (exact) mass is 538 g/mol. The number of carbonyl (C=O) groups is 1. The summed E-state index contributed by atoms with van der Waals surface area (Å²) < 4.78 is 6.45. The number of hydrogen-bond acceptors (Lipinski definition) is 7. The first-order valence-corrected chi connectivity index (χ1v) is 14.7. The van der Waals surface area contributed by atoms with Gasteiger partial charge in [-0.2, -0.15) is 5.26 Å². The van der Waals surface area contributed by atoms with Crippen molar-refractivity contribution in [3.05, 3.63) is 58.7 Å². The Morgan fingerprint density at radius 1 is 1.07 bits per heavy atom. The number of hydrazone groups is 1. The van der Waals surface area contributed by atoms with Crippen LogP contribution in [0.2, 0.25) is 0 Å². The fourth-order valence-electron chi connectivity index (χ4n) is 6.66. The van der Waals surface area contributed by atoms with Crippen LogP contribution >= 0.6 is 0 Å². The fraction of sp³-hybridized carbons (Fsp3) is 0.500. The molecule has 6 rings (SSSR count). The lowest BCUT2D eigenvalue weighted by molar-refractivity contribution is -0.120. The summed E-state index contributed by atoms with van der Waals surface area (Å²) in [6.07, 6.45) is 16.3. The first-order valence-electron chi connectivity index (χ1n) is 14.7. The van der Waals surface area contributed by atoms with Crippen LogP contribution in [0.4, 0.5) is 5.69 Å². The van der Waals surface area contributed by atoms with Gasteiger partial charge in [-0.05, 0) is 92.2 Å². The number of nitrogens with zero attached hydrogens (tertiary/aromatic N) is 3. The van der Waals surface area contributed by atoms with Gasteiger partial charge in [-0.25, -0.2) is 0 Å². The number of fused-ring (bicyclic) bond motifs is 1. The third-order valence-electron chi connectivity index (χ3n) is 8.98. The van der Waals surface area contributed by atoms with Gasteiger partial charge in [0.1, 0.15) is 12.1 Å². The SMILES string of the molecule is CC(=O)NC1CCC([C@@H]2NN=C(c3ccc(C4=CC=C5C=C(C#N)C=NC54)cc3NC3CCC(C)CC3)O2)CC1. The Morgan fingerprint density at radius 3 is 2.60 bits per heavy atom. The van der Waals surface area contributed by atoms with E-state index in [-0.39, 0.29) is 24.2 Å². The lowest BCUT2D eigenvalue weighted by Crippen LogP contribution is -2.40. The summed E-state index contributed by atoms with van der Waals surface area (Å²) in [5, 5.41) is 20.8. The molecule has 5 aliphatic rings. The normalized spacial score (nSPS) is 30.9. The van der Waals surface area contributed by atoms with Crippen LogP contribution in [0, 0.1) is 23.2 Å². The molecule has 2 fully saturated rings. The number of dihydropyridines is 1. The molecule has 2 heterocycles. The molecular weight excluding hydrogens is 500 g/mol. The van der Waals surface area contributed by atoms with Crippen LogP contribution < -0.4 is 16.1 Å². The molecule has 3 aliphatic carbocycles. The van der Waals surface area contributed by atoms with Gasteiger partial charge >= 0.3 is 0 Å². The minimum atomic E-state index is -0.154. The van der Waals surface area contributed by atoms with E-state index in [4.69, 9.17) is 4.74 Å². The molecule has 1 aromatic carbocycles. The molecule has 40 heavy (non-hydrogen) atoms. The molecule has 2 saturated carbocycles. The molecule has 8 heteroatoms. The Labute approximate surface area is 236 Å². The van der Waals surface area contributed by atoms with Crippen molar-refractivity contribution >= 4 is 29.3 Å². The lowest BCUT2D eigenvalue weighted by Gasteiger charge is -2.31. The number of hydrogen-bond donors (Lipinski definition) is 3. The molecule has 2 aliphatic heterocycles. The summed E-state index contributed by atoms with van der Waals surface area (Å²) in [5.41, 5.74) is 9.15. The van der Waals surface area contributed by atoms with Crippen LogP contribution in [0.15, 0.2) is 57.7 Å². The van der Waals surface area contributed by atoms with E-state index in [0.29, 0.717) is 23.4 Å². The van der Waals surface area contributed by atoms with Crippen molar-refractivity contribution in [2.24, 2.45) is 21.9 Å². The van der Waals surface area contributed by atoms with Crippen LogP contribution in [-0.4, -0.2) is 42.4 Å². The number of nitriles is 1. The van der Waals surface area contributed by atoms with E-state index in [1.54, 1.807) is 13.1 Å². The number of aliphatic imine (C=N–C) groups is 1. The molecule has 1 unspecified atom stereocenters. The van der Waals surface area contributed by atoms with Crippen molar-refractivity contribution in [2.75, 3.05) is 5.32 Å². The summed E-state index contributed by atoms with van der Waals surface area (Å²) in [6, 6.07) is 9.24. The first-order chi connectivity index (χ1) is 19.5. The summed E-state index contributed by atoms with van der Waals surface area (Å²) in [5.74, 6) is 1.80.